The third kappa shape index (κ3) is 5.26. The lowest BCUT2D eigenvalue weighted by Crippen LogP contribution is -2.21. The summed E-state index contributed by atoms with van der Waals surface area (Å²) in [6.07, 6.45) is 0. The quantitative estimate of drug-likeness (QED) is 0.407. The SMILES string of the molecule is COc1ccc(OC)c(C(=O)COC(=O)[C@H](C)Sc2ccccc2)c1. The van der Waals surface area contributed by atoms with Gasteiger partial charge in [-0.1, -0.05) is 18.2 Å². The Morgan fingerprint density at radius 1 is 1.04 bits per heavy atom. The number of ether oxygens (including phenoxy) is 3. The van der Waals surface area contributed by atoms with E-state index in [0.717, 1.165) is 4.90 Å². The molecule has 0 saturated heterocycles. The molecule has 0 unspecified atom stereocenters. The summed E-state index contributed by atoms with van der Waals surface area (Å²) < 4.78 is 15.5. The third-order valence-corrected chi connectivity index (χ3v) is 4.53. The lowest BCUT2D eigenvalue weighted by Gasteiger charge is -2.12. The molecule has 0 aliphatic rings. The number of methoxy groups -OCH3 is 2. The molecule has 0 radical (unpaired) electrons. The number of thioether (sulfide) groups is 1. The van der Waals surface area contributed by atoms with Crippen molar-refractivity contribution in [2.75, 3.05) is 20.8 Å². The first-order chi connectivity index (χ1) is 12.0. The van der Waals surface area contributed by atoms with Crippen LogP contribution in [-0.4, -0.2) is 37.8 Å². The molecule has 0 amide bonds. The van der Waals surface area contributed by atoms with Crippen LogP contribution in [0.5, 0.6) is 11.5 Å². The van der Waals surface area contributed by atoms with Crippen molar-refractivity contribution in [1.29, 1.82) is 0 Å². The van der Waals surface area contributed by atoms with E-state index in [1.54, 1.807) is 25.1 Å². The largest absolute Gasteiger partial charge is 0.497 e. The lowest BCUT2D eigenvalue weighted by atomic mass is 10.1. The van der Waals surface area contributed by atoms with E-state index in [2.05, 4.69) is 0 Å². The van der Waals surface area contributed by atoms with E-state index in [1.807, 2.05) is 30.3 Å². The number of esters is 1. The maximum absolute atomic E-state index is 12.4. The Balaban J connectivity index is 1.96. The average Bonchev–Trinajstić information content (AvgIpc) is 2.65. The zero-order valence-electron chi connectivity index (χ0n) is 14.4. The van der Waals surface area contributed by atoms with Gasteiger partial charge in [-0.15, -0.1) is 11.8 Å². The van der Waals surface area contributed by atoms with E-state index in [-0.39, 0.29) is 12.4 Å². The Morgan fingerprint density at radius 3 is 2.40 bits per heavy atom. The number of benzene rings is 2. The number of ketones is 1. The molecule has 25 heavy (non-hydrogen) atoms. The summed E-state index contributed by atoms with van der Waals surface area (Å²) in [5.41, 5.74) is 0.318. The first-order valence-electron chi connectivity index (χ1n) is 7.68. The molecule has 0 aliphatic carbocycles. The van der Waals surface area contributed by atoms with Gasteiger partial charge in [-0.25, -0.2) is 0 Å². The van der Waals surface area contributed by atoms with Crippen LogP contribution in [0.4, 0.5) is 0 Å². The van der Waals surface area contributed by atoms with Gasteiger partial charge in [0.15, 0.2) is 6.61 Å². The fraction of sp³-hybridized carbons (Fsp3) is 0.263. The van der Waals surface area contributed by atoms with Crippen LogP contribution in [0.1, 0.15) is 17.3 Å². The molecule has 0 N–H and O–H groups in total. The smallest absolute Gasteiger partial charge is 0.319 e. The van der Waals surface area contributed by atoms with Crippen LogP contribution in [-0.2, 0) is 9.53 Å². The Kier molecular flexibility index (Phi) is 6.89. The van der Waals surface area contributed by atoms with Gasteiger partial charge in [0, 0.05) is 4.90 Å². The summed E-state index contributed by atoms with van der Waals surface area (Å²) in [4.78, 5) is 25.4. The van der Waals surface area contributed by atoms with E-state index in [0.29, 0.717) is 17.1 Å². The van der Waals surface area contributed by atoms with E-state index in [4.69, 9.17) is 14.2 Å². The normalized spacial score (nSPS) is 11.5. The van der Waals surface area contributed by atoms with E-state index >= 15 is 0 Å². The molecule has 0 aromatic heterocycles. The molecule has 6 heteroatoms. The molecular formula is C19H20O5S. The molecule has 0 spiro atoms. The summed E-state index contributed by atoms with van der Waals surface area (Å²) in [5.74, 6) is 0.155. The molecular weight excluding hydrogens is 340 g/mol. The topological polar surface area (TPSA) is 61.8 Å². The highest BCUT2D eigenvalue weighted by Gasteiger charge is 2.20. The minimum Gasteiger partial charge on any atom is -0.497 e. The molecule has 2 aromatic rings. The van der Waals surface area contributed by atoms with Gasteiger partial charge in [0.25, 0.3) is 0 Å². The van der Waals surface area contributed by atoms with Crippen LogP contribution in [0.3, 0.4) is 0 Å². The van der Waals surface area contributed by atoms with Crippen LogP contribution in [0.15, 0.2) is 53.4 Å². The van der Waals surface area contributed by atoms with Crippen LogP contribution in [0, 0.1) is 0 Å². The van der Waals surface area contributed by atoms with Crippen molar-refractivity contribution in [3.63, 3.8) is 0 Å². The molecule has 0 aliphatic heterocycles. The van der Waals surface area contributed by atoms with Gasteiger partial charge in [-0.3, -0.25) is 9.59 Å². The predicted molar refractivity (Wildman–Crippen MR) is 96.6 cm³/mol. The zero-order valence-corrected chi connectivity index (χ0v) is 15.2. The van der Waals surface area contributed by atoms with Crippen LogP contribution in [0.25, 0.3) is 0 Å². The van der Waals surface area contributed by atoms with Crippen molar-refractivity contribution in [2.24, 2.45) is 0 Å². The highest BCUT2D eigenvalue weighted by atomic mass is 32.2. The monoisotopic (exact) mass is 360 g/mol. The minimum absolute atomic E-state index is 0.318. The van der Waals surface area contributed by atoms with Crippen molar-refractivity contribution < 1.29 is 23.8 Å². The van der Waals surface area contributed by atoms with Gasteiger partial charge in [0.1, 0.15) is 16.7 Å². The second-order valence-electron chi connectivity index (χ2n) is 5.17. The van der Waals surface area contributed by atoms with E-state index < -0.39 is 11.2 Å². The summed E-state index contributed by atoms with van der Waals surface area (Å²) >= 11 is 1.38. The van der Waals surface area contributed by atoms with Crippen LogP contribution < -0.4 is 9.47 Å². The van der Waals surface area contributed by atoms with Crippen LogP contribution >= 0.6 is 11.8 Å². The number of carbonyl (C=O) groups is 2. The van der Waals surface area contributed by atoms with Gasteiger partial charge in [0.05, 0.1) is 19.8 Å². The number of carbonyl (C=O) groups excluding carboxylic acids is 2. The Morgan fingerprint density at radius 2 is 1.76 bits per heavy atom. The molecule has 0 heterocycles. The van der Waals surface area contributed by atoms with Crippen molar-refractivity contribution in [1.82, 2.24) is 0 Å². The molecule has 5 nitrogen and oxygen atoms in total. The molecule has 0 bridgehead atoms. The standard InChI is InChI=1S/C19H20O5S/c1-13(25-15-7-5-4-6-8-15)19(21)24-12-17(20)16-11-14(22-2)9-10-18(16)23-3/h4-11,13H,12H2,1-3H3/t13-/m0/s1. The molecule has 0 saturated carbocycles. The predicted octanol–water partition coefficient (Wildman–Crippen LogP) is 3.61. The number of Topliss-reactive ketones (excluding diaryl/α,β-unsaturated/α-hetero) is 1. The zero-order chi connectivity index (χ0) is 18.2. The van der Waals surface area contributed by atoms with Gasteiger partial charge in [-0.2, -0.15) is 0 Å². The lowest BCUT2D eigenvalue weighted by molar-refractivity contribution is -0.141. The first kappa shape index (κ1) is 18.9. The Hall–Kier alpha value is -2.47. The summed E-state index contributed by atoms with van der Waals surface area (Å²) in [7, 11) is 2.99. The maximum Gasteiger partial charge on any atom is 0.319 e. The molecule has 132 valence electrons. The van der Waals surface area contributed by atoms with E-state index in [9.17, 15) is 9.59 Å². The minimum atomic E-state index is -0.441. The molecule has 0 fully saturated rings. The highest BCUT2D eigenvalue weighted by molar-refractivity contribution is 8.00. The number of rotatable bonds is 8. The molecule has 1 atom stereocenters. The third-order valence-electron chi connectivity index (χ3n) is 3.44. The summed E-state index contributed by atoms with van der Waals surface area (Å²) in [6.45, 7) is 1.40. The van der Waals surface area contributed by atoms with Crippen LogP contribution in [0.2, 0.25) is 0 Å². The summed E-state index contributed by atoms with van der Waals surface area (Å²) in [6, 6.07) is 14.5. The number of hydrogen-bond donors (Lipinski definition) is 0. The molecule has 2 aromatic carbocycles. The van der Waals surface area contributed by atoms with E-state index in [1.165, 1.54) is 26.0 Å². The second-order valence-corrected chi connectivity index (χ2v) is 6.58. The van der Waals surface area contributed by atoms with Crippen molar-refractivity contribution in [3.05, 3.63) is 54.1 Å². The average molecular weight is 360 g/mol. The number of hydrogen-bond acceptors (Lipinski definition) is 6. The van der Waals surface area contributed by atoms with Gasteiger partial charge < -0.3 is 14.2 Å². The van der Waals surface area contributed by atoms with Crippen molar-refractivity contribution in [3.8, 4) is 11.5 Å². The Labute approximate surface area is 151 Å². The fourth-order valence-corrected chi connectivity index (χ4v) is 3.00. The fourth-order valence-electron chi connectivity index (χ4n) is 2.12. The maximum atomic E-state index is 12.4. The second kappa shape index (κ2) is 9.13. The van der Waals surface area contributed by atoms with Crippen molar-refractivity contribution in [2.45, 2.75) is 17.1 Å². The Bertz CT molecular complexity index is 730. The van der Waals surface area contributed by atoms with Gasteiger partial charge in [0.2, 0.25) is 5.78 Å². The molecule has 2 rings (SSSR count). The first-order valence-corrected chi connectivity index (χ1v) is 8.56. The van der Waals surface area contributed by atoms with Gasteiger partial charge >= 0.3 is 5.97 Å². The van der Waals surface area contributed by atoms with Crippen molar-refractivity contribution >= 4 is 23.5 Å². The summed E-state index contributed by atoms with van der Waals surface area (Å²) in [5, 5.41) is -0.414. The van der Waals surface area contributed by atoms with Gasteiger partial charge in [-0.05, 0) is 37.3 Å². The highest BCUT2D eigenvalue weighted by Crippen LogP contribution is 2.25.